The molecule has 2 aromatic heterocycles. The summed E-state index contributed by atoms with van der Waals surface area (Å²) in [5.74, 6) is 0.124. The predicted molar refractivity (Wildman–Crippen MR) is 129 cm³/mol. The fraction of sp³-hybridized carbons (Fsp3) is 0.120. The summed E-state index contributed by atoms with van der Waals surface area (Å²) in [5.41, 5.74) is 3.28. The van der Waals surface area contributed by atoms with Crippen LogP contribution < -0.4 is 5.32 Å². The molecule has 0 aliphatic carbocycles. The molecule has 0 spiro atoms. The Kier molecular flexibility index (Phi) is 5.89. The van der Waals surface area contributed by atoms with E-state index >= 15 is 0 Å². The lowest BCUT2D eigenvalue weighted by Crippen LogP contribution is -2.15. The Bertz CT molecular complexity index is 1550. The number of carbonyl (C=O) groups is 1. The molecule has 2 heterocycles. The molecule has 0 radical (unpaired) electrons. The van der Waals surface area contributed by atoms with E-state index < -0.39 is 17.6 Å². The lowest BCUT2D eigenvalue weighted by atomic mass is 10.1. The Labute approximate surface area is 202 Å². The fourth-order valence-corrected chi connectivity index (χ4v) is 4.41. The number of halogens is 3. The number of fused-ring (bicyclic) bond motifs is 3. The SMILES string of the molecule is Cc1ccc(-c2nnc3c(SCC(=O)Nc4cccc(C(F)(F)F)c4)nc4ccccc4n23)cc1. The number of para-hydroxylation sites is 2. The summed E-state index contributed by atoms with van der Waals surface area (Å²) >= 11 is 1.14. The largest absolute Gasteiger partial charge is 0.416 e. The molecule has 0 bridgehead atoms. The van der Waals surface area contributed by atoms with Crippen LogP contribution in [-0.4, -0.2) is 31.2 Å². The highest BCUT2D eigenvalue weighted by atomic mass is 32.2. The molecule has 6 nitrogen and oxygen atoms in total. The normalized spacial score (nSPS) is 11.8. The van der Waals surface area contributed by atoms with E-state index in [0.29, 0.717) is 22.0 Å². The maximum absolute atomic E-state index is 13.0. The Balaban J connectivity index is 1.45. The third-order valence-electron chi connectivity index (χ3n) is 5.32. The Morgan fingerprint density at radius 3 is 2.54 bits per heavy atom. The first kappa shape index (κ1) is 22.9. The van der Waals surface area contributed by atoms with Gasteiger partial charge in [0, 0.05) is 11.3 Å². The van der Waals surface area contributed by atoms with Crippen LogP contribution >= 0.6 is 11.8 Å². The van der Waals surface area contributed by atoms with Gasteiger partial charge in [-0.25, -0.2) is 4.98 Å². The third kappa shape index (κ3) is 4.69. The molecule has 0 atom stereocenters. The minimum Gasteiger partial charge on any atom is -0.325 e. The summed E-state index contributed by atoms with van der Waals surface area (Å²) in [5, 5.41) is 11.7. The van der Waals surface area contributed by atoms with Crippen molar-refractivity contribution in [1.82, 2.24) is 19.6 Å². The predicted octanol–water partition coefficient (Wildman–Crippen LogP) is 6.00. The number of alkyl halides is 3. The molecule has 0 aliphatic heterocycles. The molecule has 0 aliphatic rings. The number of nitrogens with zero attached hydrogens (tertiary/aromatic N) is 4. The third-order valence-corrected chi connectivity index (χ3v) is 6.28. The number of hydrogen-bond donors (Lipinski definition) is 1. The topological polar surface area (TPSA) is 72.2 Å². The zero-order valence-electron chi connectivity index (χ0n) is 18.4. The van der Waals surface area contributed by atoms with E-state index in [0.717, 1.165) is 40.5 Å². The van der Waals surface area contributed by atoms with E-state index in [4.69, 9.17) is 0 Å². The zero-order chi connectivity index (χ0) is 24.6. The number of carbonyl (C=O) groups excluding carboxylic acids is 1. The smallest absolute Gasteiger partial charge is 0.325 e. The van der Waals surface area contributed by atoms with Crippen LogP contribution in [0.1, 0.15) is 11.1 Å². The van der Waals surface area contributed by atoms with E-state index in [2.05, 4.69) is 20.5 Å². The van der Waals surface area contributed by atoms with Gasteiger partial charge in [-0.2, -0.15) is 13.2 Å². The van der Waals surface area contributed by atoms with Crippen LogP contribution in [0, 0.1) is 6.92 Å². The number of amides is 1. The Hall–Kier alpha value is -3.92. The van der Waals surface area contributed by atoms with Crippen molar-refractivity contribution in [3.8, 4) is 11.4 Å². The maximum atomic E-state index is 13.0. The van der Waals surface area contributed by atoms with Gasteiger partial charge in [-0.3, -0.25) is 9.20 Å². The molecule has 1 amide bonds. The summed E-state index contributed by atoms with van der Waals surface area (Å²) in [7, 11) is 0. The van der Waals surface area contributed by atoms with Crippen LogP contribution in [0.25, 0.3) is 28.1 Å². The first-order valence-electron chi connectivity index (χ1n) is 10.6. The van der Waals surface area contributed by atoms with Gasteiger partial charge in [-0.1, -0.05) is 59.8 Å². The molecule has 3 aromatic carbocycles. The second-order valence-corrected chi connectivity index (χ2v) is 8.83. The molecular formula is C25H18F3N5OS. The lowest BCUT2D eigenvalue weighted by Gasteiger charge is -2.10. The average molecular weight is 494 g/mol. The number of aromatic nitrogens is 4. The van der Waals surface area contributed by atoms with Gasteiger partial charge in [-0.05, 0) is 37.3 Å². The average Bonchev–Trinajstić information content (AvgIpc) is 3.28. The number of aryl methyl sites for hydroxylation is 1. The number of rotatable bonds is 5. The highest BCUT2D eigenvalue weighted by molar-refractivity contribution is 8.00. The van der Waals surface area contributed by atoms with Crippen LogP contribution in [0.3, 0.4) is 0 Å². The molecule has 35 heavy (non-hydrogen) atoms. The van der Waals surface area contributed by atoms with Gasteiger partial charge in [0.2, 0.25) is 5.91 Å². The van der Waals surface area contributed by atoms with Crippen LogP contribution in [0.5, 0.6) is 0 Å². The van der Waals surface area contributed by atoms with Gasteiger partial charge in [0.15, 0.2) is 11.5 Å². The maximum Gasteiger partial charge on any atom is 0.416 e. The minimum absolute atomic E-state index is 0.0655. The summed E-state index contributed by atoms with van der Waals surface area (Å²) in [6.07, 6.45) is -4.49. The molecule has 5 rings (SSSR count). The van der Waals surface area contributed by atoms with E-state index in [-0.39, 0.29) is 11.4 Å². The number of hydrogen-bond acceptors (Lipinski definition) is 5. The monoisotopic (exact) mass is 493 g/mol. The zero-order valence-corrected chi connectivity index (χ0v) is 19.2. The molecule has 5 aromatic rings. The Morgan fingerprint density at radius 2 is 1.77 bits per heavy atom. The first-order valence-corrected chi connectivity index (χ1v) is 11.6. The van der Waals surface area contributed by atoms with Crippen molar-refractivity contribution in [2.24, 2.45) is 0 Å². The summed E-state index contributed by atoms with van der Waals surface area (Å²) < 4.78 is 40.8. The van der Waals surface area contributed by atoms with Crippen molar-refractivity contribution < 1.29 is 18.0 Å². The van der Waals surface area contributed by atoms with Gasteiger partial charge in [-0.15, -0.1) is 10.2 Å². The molecule has 0 unspecified atom stereocenters. The van der Waals surface area contributed by atoms with Gasteiger partial charge >= 0.3 is 6.18 Å². The highest BCUT2D eigenvalue weighted by Gasteiger charge is 2.30. The van der Waals surface area contributed by atoms with Crippen LogP contribution in [0.2, 0.25) is 0 Å². The van der Waals surface area contributed by atoms with E-state index in [1.54, 1.807) is 0 Å². The van der Waals surface area contributed by atoms with E-state index in [1.807, 2.05) is 59.9 Å². The second kappa shape index (κ2) is 9.03. The van der Waals surface area contributed by atoms with Crippen LogP contribution in [0.4, 0.5) is 18.9 Å². The van der Waals surface area contributed by atoms with Crippen LogP contribution in [0.15, 0.2) is 77.8 Å². The van der Waals surface area contributed by atoms with E-state index in [9.17, 15) is 18.0 Å². The van der Waals surface area contributed by atoms with Gasteiger partial charge < -0.3 is 5.32 Å². The van der Waals surface area contributed by atoms with Gasteiger partial charge in [0.1, 0.15) is 5.03 Å². The Morgan fingerprint density at radius 1 is 1.00 bits per heavy atom. The second-order valence-electron chi connectivity index (χ2n) is 7.87. The van der Waals surface area contributed by atoms with Crippen LogP contribution in [-0.2, 0) is 11.0 Å². The van der Waals surface area contributed by atoms with Crippen molar-refractivity contribution in [3.05, 3.63) is 83.9 Å². The number of anilines is 1. The van der Waals surface area contributed by atoms with E-state index in [1.165, 1.54) is 12.1 Å². The van der Waals surface area contributed by atoms with Crippen molar-refractivity contribution >= 4 is 40.0 Å². The molecule has 1 N–H and O–H groups in total. The minimum atomic E-state index is -4.49. The molecule has 0 fully saturated rings. The van der Waals surface area contributed by atoms with Crippen molar-refractivity contribution in [2.75, 3.05) is 11.1 Å². The summed E-state index contributed by atoms with van der Waals surface area (Å²) in [6, 6.07) is 20.0. The number of benzene rings is 3. The van der Waals surface area contributed by atoms with Gasteiger partial charge in [0.25, 0.3) is 0 Å². The van der Waals surface area contributed by atoms with Crippen molar-refractivity contribution in [3.63, 3.8) is 0 Å². The molecule has 10 heteroatoms. The van der Waals surface area contributed by atoms with Gasteiger partial charge in [0.05, 0.1) is 22.3 Å². The number of thioether (sulfide) groups is 1. The van der Waals surface area contributed by atoms with Crippen molar-refractivity contribution in [2.45, 2.75) is 18.1 Å². The standard InChI is InChI=1S/C25H18F3N5OS/c1-15-9-11-16(12-10-15)22-31-32-23-24(30-19-7-2-3-8-20(19)33(22)23)35-14-21(34)29-18-6-4-5-17(13-18)25(26,27)28/h2-13H,14H2,1H3,(H,29,34). The highest BCUT2D eigenvalue weighted by Crippen LogP contribution is 2.31. The molecule has 0 saturated carbocycles. The number of nitrogens with one attached hydrogen (secondary N) is 1. The summed E-state index contributed by atoms with van der Waals surface area (Å²) in [6.45, 7) is 2.00. The quantitative estimate of drug-likeness (QED) is 0.304. The first-order chi connectivity index (χ1) is 16.8. The molecule has 176 valence electrons. The van der Waals surface area contributed by atoms with Crippen molar-refractivity contribution in [1.29, 1.82) is 0 Å². The molecular weight excluding hydrogens is 475 g/mol. The fourth-order valence-electron chi connectivity index (χ4n) is 3.65. The lowest BCUT2D eigenvalue weighted by molar-refractivity contribution is -0.137. The molecule has 0 saturated heterocycles. The summed E-state index contributed by atoms with van der Waals surface area (Å²) in [4.78, 5) is 17.2.